The summed E-state index contributed by atoms with van der Waals surface area (Å²) in [7, 11) is 1.46. The molecule has 0 atom stereocenters. The minimum absolute atomic E-state index is 0.107. The zero-order valence-electron chi connectivity index (χ0n) is 8.92. The third-order valence-corrected chi connectivity index (χ3v) is 2.41. The van der Waals surface area contributed by atoms with Gasteiger partial charge in [0.05, 0.1) is 5.69 Å². The average molecular weight is 250 g/mol. The van der Waals surface area contributed by atoms with Crippen LogP contribution in [0.4, 0.5) is 0 Å². The van der Waals surface area contributed by atoms with Crippen LogP contribution in [0, 0.1) is 0 Å². The van der Waals surface area contributed by atoms with Gasteiger partial charge in [-0.3, -0.25) is 14.6 Å². The van der Waals surface area contributed by atoms with Gasteiger partial charge in [-0.2, -0.15) is 5.10 Å². The highest BCUT2D eigenvalue weighted by Crippen LogP contribution is 2.13. The lowest BCUT2D eigenvalue weighted by atomic mass is 10.2. The Kier molecular flexibility index (Phi) is 3.01. The van der Waals surface area contributed by atoms with Crippen molar-refractivity contribution in [2.75, 3.05) is 0 Å². The van der Waals surface area contributed by atoms with Crippen LogP contribution < -0.4 is 5.56 Å². The van der Waals surface area contributed by atoms with Gasteiger partial charge in [-0.05, 0) is 29.8 Å². The van der Waals surface area contributed by atoms with Gasteiger partial charge in [-0.25, -0.2) is 4.68 Å². The number of halogens is 1. The van der Waals surface area contributed by atoms with Crippen molar-refractivity contribution in [2.45, 2.75) is 0 Å². The fourth-order valence-corrected chi connectivity index (χ4v) is 1.52. The van der Waals surface area contributed by atoms with Gasteiger partial charge in [0.1, 0.15) is 11.3 Å². The van der Waals surface area contributed by atoms with Crippen LogP contribution in [0.1, 0.15) is 10.4 Å². The van der Waals surface area contributed by atoms with Gasteiger partial charge in [0, 0.05) is 13.2 Å². The van der Waals surface area contributed by atoms with Crippen LogP contribution in [0.25, 0.3) is 11.4 Å². The summed E-state index contributed by atoms with van der Waals surface area (Å²) < 4.78 is 1.07. The van der Waals surface area contributed by atoms with E-state index in [1.807, 2.05) is 0 Å². The molecule has 0 spiro atoms. The van der Waals surface area contributed by atoms with Crippen LogP contribution in [0.15, 0.2) is 35.3 Å². The largest absolute Gasteiger partial charge is 0.278 e. The summed E-state index contributed by atoms with van der Waals surface area (Å²) in [5.74, 6) is 0. The fraction of sp³-hybridized carbons (Fsp3) is 0.0909. The van der Waals surface area contributed by atoms with E-state index < -0.39 is 10.8 Å². The lowest BCUT2D eigenvalue weighted by Crippen LogP contribution is -2.25. The summed E-state index contributed by atoms with van der Waals surface area (Å²) in [5.41, 5.74) is 0.369. The molecular weight excluding hydrogens is 242 g/mol. The maximum atomic E-state index is 11.6. The van der Waals surface area contributed by atoms with Gasteiger partial charge in [-0.15, -0.1) is 0 Å². The molecule has 0 saturated carbocycles. The Hall–Kier alpha value is -2.01. The molecule has 0 saturated heterocycles. The molecule has 2 rings (SSSR count). The van der Waals surface area contributed by atoms with Crippen molar-refractivity contribution in [1.29, 1.82) is 0 Å². The normalized spacial score (nSPS) is 10.2. The minimum atomic E-state index is -0.801. The van der Waals surface area contributed by atoms with Crippen molar-refractivity contribution in [3.63, 3.8) is 0 Å². The second-order valence-electron chi connectivity index (χ2n) is 3.36. The van der Waals surface area contributed by atoms with E-state index in [2.05, 4.69) is 10.1 Å². The maximum absolute atomic E-state index is 11.6. The van der Waals surface area contributed by atoms with Gasteiger partial charge in [0.25, 0.3) is 10.8 Å². The van der Waals surface area contributed by atoms with E-state index in [1.165, 1.54) is 13.1 Å². The minimum Gasteiger partial charge on any atom is -0.275 e. The molecule has 0 bridgehead atoms. The zero-order valence-corrected chi connectivity index (χ0v) is 9.68. The SMILES string of the molecule is Cn1nc(-c2ccccn2)cc(C(=O)Cl)c1=O. The molecule has 5 nitrogen and oxygen atoms in total. The number of rotatable bonds is 2. The summed E-state index contributed by atoms with van der Waals surface area (Å²) in [4.78, 5) is 26.8. The van der Waals surface area contributed by atoms with Crippen LogP contribution in [-0.2, 0) is 7.05 Å². The molecule has 2 aromatic rings. The number of aryl methyl sites for hydroxylation is 1. The summed E-state index contributed by atoms with van der Waals surface area (Å²) in [6.07, 6.45) is 1.60. The molecule has 2 heterocycles. The Bertz CT molecular complexity index is 622. The molecule has 0 amide bonds. The number of aromatic nitrogens is 3. The Balaban J connectivity index is 2.66. The summed E-state index contributed by atoms with van der Waals surface area (Å²) >= 11 is 5.34. The number of carbonyl (C=O) groups is 1. The monoisotopic (exact) mass is 249 g/mol. The molecule has 0 aromatic carbocycles. The fourth-order valence-electron chi connectivity index (χ4n) is 1.39. The highest BCUT2D eigenvalue weighted by molar-refractivity contribution is 6.67. The standard InChI is InChI=1S/C11H8ClN3O2/c1-15-11(17)7(10(12)16)6-9(14-15)8-4-2-3-5-13-8/h2-6H,1H3. The molecule has 0 N–H and O–H groups in total. The van der Waals surface area contributed by atoms with Gasteiger partial charge < -0.3 is 0 Å². The first-order chi connectivity index (χ1) is 8.09. The molecule has 0 radical (unpaired) electrons. The molecule has 0 unspecified atom stereocenters. The summed E-state index contributed by atoms with van der Waals surface area (Å²) in [6.45, 7) is 0. The molecule has 17 heavy (non-hydrogen) atoms. The summed E-state index contributed by atoms with van der Waals surface area (Å²) in [6, 6.07) is 6.63. The molecule has 6 heteroatoms. The van der Waals surface area contributed by atoms with E-state index in [0.29, 0.717) is 11.4 Å². The van der Waals surface area contributed by atoms with E-state index in [1.54, 1.807) is 24.4 Å². The van der Waals surface area contributed by atoms with Crippen molar-refractivity contribution in [3.8, 4) is 11.4 Å². The zero-order chi connectivity index (χ0) is 12.4. The Morgan fingerprint density at radius 1 is 1.35 bits per heavy atom. The molecule has 0 aliphatic carbocycles. The third-order valence-electron chi connectivity index (χ3n) is 2.20. The number of carbonyl (C=O) groups excluding carboxylic acids is 1. The Labute approximate surface area is 102 Å². The lowest BCUT2D eigenvalue weighted by molar-refractivity contribution is 0.107. The number of pyridine rings is 1. The van der Waals surface area contributed by atoms with E-state index in [-0.39, 0.29) is 5.56 Å². The highest BCUT2D eigenvalue weighted by atomic mass is 35.5. The Morgan fingerprint density at radius 3 is 2.71 bits per heavy atom. The van der Waals surface area contributed by atoms with Crippen molar-refractivity contribution in [3.05, 3.63) is 46.4 Å². The number of hydrogen-bond donors (Lipinski definition) is 0. The number of nitrogens with zero attached hydrogens (tertiary/aromatic N) is 3. The van der Waals surface area contributed by atoms with Gasteiger partial charge >= 0.3 is 0 Å². The molecule has 0 aliphatic rings. The van der Waals surface area contributed by atoms with Crippen LogP contribution >= 0.6 is 11.6 Å². The highest BCUT2D eigenvalue weighted by Gasteiger charge is 2.13. The second kappa shape index (κ2) is 4.47. The van der Waals surface area contributed by atoms with E-state index in [4.69, 9.17) is 11.6 Å². The summed E-state index contributed by atoms with van der Waals surface area (Å²) in [5, 5.41) is 3.22. The van der Waals surface area contributed by atoms with E-state index >= 15 is 0 Å². The van der Waals surface area contributed by atoms with E-state index in [0.717, 1.165) is 4.68 Å². The first-order valence-electron chi connectivity index (χ1n) is 4.79. The predicted octanol–water partition coefficient (Wildman–Crippen LogP) is 1.22. The van der Waals surface area contributed by atoms with E-state index in [9.17, 15) is 9.59 Å². The molecule has 0 aliphatic heterocycles. The molecule has 2 aromatic heterocycles. The van der Waals surface area contributed by atoms with Crippen LogP contribution in [0.5, 0.6) is 0 Å². The topological polar surface area (TPSA) is 64.8 Å². The molecular formula is C11H8ClN3O2. The van der Waals surface area contributed by atoms with Crippen LogP contribution in [-0.4, -0.2) is 20.0 Å². The second-order valence-corrected chi connectivity index (χ2v) is 3.70. The maximum Gasteiger partial charge on any atom is 0.278 e. The van der Waals surface area contributed by atoms with Gasteiger partial charge in [0.15, 0.2) is 0 Å². The van der Waals surface area contributed by atoms with Crippen LogP contribution in [0.3, 0.4) is 0 Å². The molecule has 86 valence electrons. The number of hydrogen-bond acceptors (Lipinski definition) is 4. The van der Waals surface area contributed by atoms with Gasteiger partial charge in [-0.1, -0.05) is 6.07 Å². The smallest absolute Gasteiger partial charge is 0.275 e. The molecule has 0 fully saturated rings. The van der Waals surface area contributed by atoms with Crippen molar-refractivity contribution >= 4 is 16.8 Å². The van der Waals surface area contributed by atoms with Crippen molar-refractivity contribution < 1.29 is 4.79 Å². The Morgan fingerprint density at radius 2 is 2.12 bits per heavy atom. The van der Waals surface area contributed by atoms with Crippen molar-refractivity contribution in [2.24, 2.45) is 7.05 Å². The predicted molar refractivity (Wildman–Crippen MR) is 62.9 cm³/mol. The first-order valence-corrected chi connectivity index (χ1v) is 5.17. The van der Waals surface area contributed by atoms with Gasteiger partial charge in [0.2, 0.25) is 0 Å². The first kappa shape index (κ1) is 11.5. The van der Waals surface area contributed by atoms with Crippen molar-refractivity contribution in [1.82, 2.24) is 14.8 Å². The third kappa shape index (κ3) is 2.24. The van der Waals surface area contributed by atoms with Crippen LogP contribution in [0.2, 0.25) is 0 Å². The lowest BCUT2D eigenvalue weighted by Gasteiger charge is -2.04. The average Bonchev–Trinajstić information content (AvgIpc) is 2.33. The quantitative estimate of drug-likeness (QED) is 0.751.